The van der Waals surface area contributed by atoms with Crippen LogP contribution in [-0.2, 0) is 23.7 Å². The number of rotatable bonds is 8. The van der Waals surface area contributed by atoms with Gasteiger partial charge in [-0.2, -0.15) is 0 Å². The van der Waals surface area contributed by atoms with Crippen LogP contribution in [0.15, 0.2) is 22.3 Å². The number of hydrogen-bond donors (Lipinski definition) is 1. The molecule has 3 aliphatic heterocycles. The number of hydrogen-bond acceptors (Lipinski definition) is 5. The third-order valence-corrected chi connectivity index (χ3v) is 7.13. The Hall–Kier alpha value is -0.730. The van der Waals surface area contributed by atoms with Gasteiger partial charge in [0.15, 0.2) is 12.6 Å². The summed E-state index contributed by atoms with van der Waals surface area (Å²) in [6.07, 6.45) is 12.4. The summed E-state index contributed by atoms with van der Waals surface area (Å²) in [7, 11) is 0. The highest BCUT2D eigenvalue weighted by Crippen LogP contribution is 2.48. The summed E-state index contributed by atoms with van der Waals surface area (Å²) >= 11 is 3.54. The maximum absolute atomic E-state index is 13.2. The van der Waals surface area contributed by atoms with Crippen molar-refractivity contribution < 1.29 is 23.7 Å². The fourth-order valence-corrected chi connectivity index (χ4v) is 5.29. The summed E-state index contributed by atoms with van der Waals surface area (Å²) in [6, 6.07) is 0. The van der Waals surface area contributed by atoms with Crippen LogP contribution in [0.25, 0.3) is 0 Å². The molecule has 3 heterocycles. The third kappa shape index (κ3) is 5.13. The first-order chi connectivity index (χ1) is 14.2. The zero-order chi connectivity index (χ0) is 20.1. The van der Waals surface area contributed by atoms with Crippen molar-refractivity contribution in [1.82, 2.24) is 5.32 Å². The molecule has 0 bridgehead atoms. The Morgan fingerprint density at radius 3 is 2.21 bits per heavy atom. The lowest BCUT2D eigenvalue weighted by atomic mass is 9.69. The normalized spacial score (nSPS) is 34.9. The number of amides is 1. The Bertz CT molecular complexity index is 613. The van der Waals surface area contributed by atoms with Crippen LogP contribution in [0.5, 0.6) is 0 Å². The predicted octanol–water partition coefficient (Wildman–Crippen LogP) is 4.15. The highest BCUT2D eigenvalue weighted by Gasteiger charge is 2.52. The molecule has 0 spiro atoms. The van der Waals surface area contributed by atoms with Crippen molar-refractivity contribution in [2.24, 2.45) is 11.3 Å². The average molecular weight is 470 g/mol. The summed E-state index contributed by atoms with van der Waals surface area (Å²) < 4.78 is 24.4. The van der Waals surface area contributed by atoms with Gasteiger partial charge in [-0.3, -0.25) is 4.79 Å². The van der Waals surface area contributed by atoms with Crippen molar-refractivity contribution in [3.05, 3.63) is 22.3 Å². The maximum atomic E-state index is 13.2. The van der Waals surface area contributed by atoms with E-state index >= 15 is 0 Å². The first-order valence-corrected chi connectivity index (χ1v) is 11.8. The van der Waals surface area contributed by atoms with Crippen molar-refractivity contribution in [2.75, 3.05) is 26.4 Å². The van der Waals surface area contributed by atoms with Crippen LogP contribution >= 0.6 is 15.9 Å². The van der Waals surface area contributed by atoms with E-state index in [4.69, 9.17) is 18.9 Å². The van der Waals surface area contributed by atoms with E-state index < -0.39 is 5.41 Å². The Kier molecular flexibility index (Phi) is 7.45. The zero-order valence-corrected chi connectivity index (χ0v) is 18.6. The topological polar surface area (TPSA) is 66.0 Å². The molecule has 6 nitrogen and oxygen atoms in total. The summed E-state index contributed by atoms with van der Waals surface area (Å²) in [4.78, 5) is 13.2. The van der Waals surface area contributed by atoms with Crippen molar-refractivity contribution in [3.63, 3.8) is 0 Å². The van der Waals surface area contributed by atoms with Crippen LogP contribution in [0.3, 0.4) is 0 Å². The van der Waals surface area contributed by atoms with E-state index in [0.717, 1.165) is 68.3 Å². The lowest BCUT2D eigenvalue weighted by Gasteiger charge is -2.34. The summed E-state index contributed by atoms with van der Waals surface area (Å²) in [5, 5.41) is 3.13. The molecule has 0 aromatic rings. The summed E-state index contributed by atoms with van der Waals surface area (Å²) in [6.45, 7) is 2.57. The molecule has 1 amide bonds. The number of ether oxygens (including phenoxy) is 4. The third-order valence-electron chi connectivity index (χ3n) is 6.57. The van der Waals surface area contributed by atoms with Gasteiger partial charge in [-0.1, -0.05) is 22.0 Å². The van der Waals surface area contributed by atoms with E-state index in [1.54, 1.807) is 0 Å². The zero-order valence-electron chi connectivity index (χ0n) is 17.0. The van der Waals surface area contributed by atoms with Gasteiger partial charge >= 0.3 is 0 Å². The standard InChI is InChI=1S/C22H32BrNO5/c23-16-7-8-17-18(15-16)24-21(25)22(17,9-13-28-19-5-1-3-11-26-19)10-14-29-20-6-2-4-12-27-20/h7,15,17,19-20H,1-6,8-14H2,(H,24,25). The van der Waals surface area contributed by atoms with E-state index in [9.17, 15) is 4.79 Å². The van der Waals surface area contributed by atoms with Crippen LogP contribution in [0.2, 0.25) is 0 Å². The predicted molar refractivity (Wildman–Crippen MR) is 112 cm³/mol. The number of nitrogens with one attached hydrogen (secondary N) is 1. The molecule has 3 fully saturated rings. The average Bonchev–Trinajstić information content (AvgIpc) is 3.00. The second kappa shape index (κ2) is 10.1. The molecule has 29 heavy (non-hydrogen) atoms. The minimum absolute atomic E-state index is 0.0886. The van der Waals surface area contributed by atoms with Gasteiger partial charge in [0.1, 0.15) is 0 Å². The van der Waals surface area contributed by atoms with Gasteiger partial charge in [-0.15, -0.1) is 0 Å². The van der Waals surface area contributed by atoms with Crippen molar-refractivity contribution in [3.8, 4) is 0 Å². The van der Waals surface area contributed by atoms with E-state index in [1.165, 1.54) is 0 Å². The highest BCUT2D eigenvalue weighted by molar-refractivity contribution is 9.11. The van der Waals surface area contributed by atoms with Gasteiger partial charge in [0.05, 0.1) is 18.6 Å². The van der Waals surface area contributed by atoms with Gasteiger partial charge in [-0.25, -0.2) is 0 Å². The second-order valence-electron chi connectivity index (χ2n) is 8.42. The highest BCUT2D eigenvalue weighted by atomic mass is 79.9. The van der Waals surface area contributed by atoms with Crippen molar-refractivity contribution in [1.29, 1.82) is 0 Å². The van der Waals surface area contributed by atoms with E-state index in [0.29, 0.717) is 26.1 Å². The van der Waals surface area contributed by atoms with Crippen LogP contribution in [0.4, 0.5) is 0 Å². The fraction of sp³-hybridized carbons (Fsp3) is 0.773. The largest absolute Gasteiger partial charge is 0.353 e. The minimum Gasteiger partial charge on any atom is -0.353 e. The van der Waals surface area contributed by atoms with Crippen LogP contribution in [0.1, 0.15) is 57.8 Å². The van der Waals surface area contributed by atoms with Gasteiger partial charge in [0.25, 0.3) is 0 Å². The molecule has 7 heteroatoms. The number of allylic oxidation sites excluding steroid dienone is 4. The van der Waals surface area contributed by atoms with E-state index in [1.807, 2.05) is 6.08 Å². The molecule has 0 aromatic carbocycles. The second-order valence-corrected chi connectivity index (χ2v) is 9.34. The van der Waals surface area contributed by atoms with Crippen molar-refractivity contribution >= 4 is 21.8 Å². The van der Waals surface area contributed by atoms with Crippen LogP contribution < -0.4 is 5.32 Å². The molecule has 3 atom stereocenters. The van der Waals surface area contributed by atoms with Gasteiger partial charge in [-0.05, 0) is 63.9 Å². The Balaban J connectivity index is 1.40. The monoisotopic (exact) mass is 469 g/mol. The molecule has 1 aliphatic carbocycles. The maximum Gasteiger partial charge on any atom is 0.231 e. The molecule has 162 valence electrons. The fourth-order valence-electron chi connectivity index (χ4n) is 4.86. The Morgan fingerprint density at radius 2 is 1.66 bits per heavy atom. The molecule has 0 saturated carbocycles. The van der Waals surface area contributed by atoms with E-state index in [-0.39, 0.29) is 24.4 Å². The first kappa shape index (κ1) is 21.5. The van der Waals surface area contributed by atoms with Crippen molar-refractivity contribution in [2.45, 2.75) is 70.4 Å². The lowest BCUT2D eigenvalue weighted by Crippen LogP contribution is -2.39. The molecule has 3 unspecified atom stereocenters. The molecule has 3 saturated heterocycles. The molecule has 1 N–H and O–H groups in total. The van der Waals surface area contributed by atoms with E-state index in [2.05, 4.69) is 27.3 Å². The summed E-state index contributed by atoms with van der Waals surface area (Å²) in [5.41, 5.74) is 0.492. The summed E-state index contributed by atoms with van der Waals surface area (Å²) in [5.74, 6) is 0.230. The SMILES string of the molecule is O=C1NC2=CC(Br)=CCC2C1(CCOC1CCCCO1)CCOC1CCCCO1. The molecule has 0 aromatic heterocycles. The molecule has 4 rings (SSSR count). The van der Waals surface area contributed by atoms with Crippen LogP contribution in [-0.4, -0.2) is 44.9 Å². The minimum atomic E-state index is -0.515. The number of carbonyl (C=O) groups is 1. The Morgan fingerprint density at radius 1 is 1.03 bits per heavy atom. The number of carbonyl (C=O) groups excluding carboxylic acids is 1. The first-order valence-electron chi connectivity index (χ1n) is 11.0. The quantitative estimate of drug-likeness (QED) is 0.578. The number of fused-ring (bicyclic) bond motifs is 1. The van der Waals surface area contributed by atoms with Gasteiger partial charge < -0.3 is 24.3 Å². The molecule has 0 radical (unpaired) electrons. The number of halogens is 1. The molecular formula is C22H32BrNO5. The lowest BCUT2D eigenvalue weighted by molar-refractivity contribution is -0.176. The molecular weight excluding hydrogens is 438 g/mol. The molecule has 4 aliphatic rings. The Labute approximate surface area is 181 Å². The van der Waals surface area contributed by atoms with Gasteiger partial charge in [0, 0.05) is 29.3 Å². The van der Waals surface area contributed by atoms with Crippen LogP contribution in [0, 0.1) is 11.3 Å². The van der Waals surface area contributed by atoms with Gasteiger partial charge in [0.2, 0.25) is 5.91 Å². The smallest absolute Gasteiger partial charge is 0.231 e.